The third kappa shape index (κ3) is 3.08. The maximum atomic E-state index is 6.14. The first kappa shape index (κ1) is 14.8. The number of pyridine rings is 1. The highest BCUT2D eigenvalue weighted by Gasteiger charge is 2.11. The van der Waals surface area contributed by atoms with E-state index in [1.54, 1.807) is 0 Å². The van der Waals surface area contributed by atoms with Crippen molar-refractivity contribution in [2.24, 2.45) is 5.73 Å². The fraction of sp³-hybridized carbons (Fsp3) is 0.200. The van der Waals surface area contributed by atoms with Crippen LogP contribution in [0.3, 0.4) is 0 Å². The minimum atomic E-state index is 0.329. The molecule has 0 radical (unpaired) electrons. The van der Waals surface area contributed by atoms with Gasteiger partial charge >= 0.3 is 0 Å². The Labute approximate surface area is 129 Å². The van der Waals surface area contributed by atoms with Gasteiger partial charge in [0, 0.05) is 22.1 Å². The predicted molar refractivity (Wildman–Crippen MR) is 89.1 cm³/mol. The van der Waals surface area contributed by atoms with E-state index >= 15 is 0 Å². The van der Waals surface area contributed by atoms with Crippen LogP contribution in [0.2, 0.25) is 5.02 Å². The summed E-state index contributed by atoms with van der Waals surface area (Å²) in [7, 11) is 0. The summed E-state index contributed by atoms with van der Waals surface area (Å²) in [5.41, 5.74) is 11.1. The average molecular weight is 306 g/mol. The number of hydrogen-bond acceptors (Lipinski definition) is 3. The summed E-state index contributed by atoms with van der Waals surface area (Å²) >= 11 is 11.3. The SMILES string of the molecule is Cc1cc(Nc2ccc(C)c(Cl)c2)c(C(N)=S)c(C)n1. The lowest BCUT2D eigenvalue weighted by Crippen LogP contribution is -2.15. The van der Waals surface area contributed by atoms with Crippen LogP contribution in [-0.4, -0.2) is 9.97 Å². The smallest absolute Gasteiger partial charge is 0.107 e. The Kier molecular flexibility index (Phi) is 4.26. The first-order valence-electron chi connectivity index (χ1n) is 6.19. The first-order chi connectivity index (χ1) is 9.38. The molecule has 1 aromatic carbocycles. The number of anilines is 2. The molecule has 0 atom stereocenters. The molecular weight excluding hydrogens is 290 g/mol. The largest absolute Gasteiger partial charge is 0.389 e. The van der Waals surface area contributed by atoms with E-state index in [-0.39, 0.29) is 0 Å². The fourth-order valence-corrected chi connectivity index (χ4v) is 2.50. The highest BCUT2D eigenvalue weighted by atomic mass is 35.5. The van der Waals surface area contributed by atoms with Gasteiger partial charge in [-0.2, -0.15) is 0 Å². The number of nitrogens with zero attached hydrogens (tertiary/aromatic N) is 1. The second kappa shape index (κ2) is 5.77. The zero-order valence-corrected chi connectivity index (χ0v) is 13.2. The maximum Gasteiger partial charge on any atom is 0.107 e. The van der Waals surface area contributed by atoms with Crippen molar-refractivity contribution < 1.29 is 0 Å². The summed E-state index contributed by atoms with van der Waals surface area (Å²) in [6.45, 7) is 5.80. The van der Waals surface area contributed by atoms with E-state index in [4.69, 9.17) is 29.6 Å². The van der Waals surface area contributed by atoms with Crippen molar-refractivity contribution in [2.75, 3.05) is 5.32 Å². The van der Waals surface area contributed by atoms with E-state index < -0.39 is 0 Å². The van der Waals surface area contributed by atoms with E-state index in [9.17, 15) is 0 Å². The number of thiocarbonyl (C=S) groups is 1. The molecule has 0 aliphatic heterocycles. The summed E-state index contributed by atoms with van der Waals surface area (Å²) < 4.78 is 0. The third-order valence-electron chi connectivity index (χ3n) is 3.03. The molecule has 3 nitrogen and oxygen atoms in total. The molecule has 0 fully saturated rings. The molecule has 0 bridgehead atoms. The highest BCUT2D eigenvalue weighted by Crippen LogP contribution is 2.26. The van der Waals surface area contributed by atoms with Gasteiger partial charge in [-0.25, -0.2) is 0 Å². The van der Waals surface area contributed by atoms with Crippen molar-refractivity contribution >= 4 is 40.2 Å². The minimum Gasteiger partial charge on any atom is -0.389 e. The van der Waals surface area contributed by atoms with Gasteiger partial charge in [0.05, 0.1) is 11.3 Å². The number of aryl methyl sites for hydroxylation is 3. The Hall–Kier alpha value is -1.65. The number of aromatic nitrogens is 1. The summed E-state index contributed by atoms with van der Waals surface area (Å²) in [6, 6.07) is 7.74. The number of nitrogens with one attached hydrogen (secondary N) is 1. The maximum absolute atomic E-state index is 6.14. The molecule has 0 saturated carbocycles. The van der Waals surface area contributed by atoms with E-state index in [2.05, 4.69) is 10.3 Å². The summed E-state index contributed by atoms with van der Waals surface area (Å²) in [4.78, 5) is 4.72. The molecule has 0 unspecified atom stereocenters. The molecule has 0 aliphatic carbocycles. The van der Waals surface area contributed by atoms with E-state index in [0.717, 1.165) is 38.9 Å². The van der Waals surface area contributed by atoms with Crippen LogP contribution >= 0.6 is 23.8 Å². The Balaban J connectivity index is 2.47. The number of nitrogens with two attached hydrogens (primary N) is 1. The van der Waals surface area contributed by atoms with Gasteiger partial charge in [-0.15, -0.1) is 0 Å². The van der Waals surface area contributed by atoms with Gasteiger partial charge in [0.25, 0.3) is 0 Å². The van der Waals surface area contributed by atoms with Gasteiger partial charge in [-0.3, -0.25) is 4.98 Å². The van der Waals surface area contributed by atoms with Crippen LogP contribution in [-0.2, 0) is 0 Å². The molecule has 5 heteroatoms. The molecule has 0 amide bonds. The van der Waals surface area contributed by atoms with Gasteiger partial charge in [0.15, 0.2) is 0 Å². The summed E-state index contributed by atoms with van der Waals surface area (Å²) in [5.74, 6) is 0. The Morgan fingerprint density at radius 3 is 2.55 bits per heavy atom. The van der Waals surface area contributed by atoms with Gasteiger partial charge in [0.2, 0.25) is 0 Å². The Bertz CT molecular complexity index is 683. The average Bonchev–Trinajstić information content (AvgIpc) is 2.32. The van der Waals surface area contributed by atoms with E-state index in [0.29, 0.717) is 4.99 Å². The molecule has 104 valence electrons. The van der Waals surface area contributed by atoms with Crippen LogP contribution in [0, 0.1) is 20.8 Å². The Morgan fingerprint density at radius 2 is 1.95 bits per heavy atom. The van der Waals surface area contributed by atoms with Crippen LogP contribution in [0.15, 0.2) is 24.3 Å². The quantitative estimate of drug-likeness (QED) is 0.840. The second-order valence-electron chi connectivity index (χ2n) is 4.72. The lowest BCUT2D eigenvalue weighted by atomic mass is 10.1. The lowest BCUT2D eigenvalue weighted by Gasteiger charge is -2.15. The van der Waals surface area contributed by atoms with Gasteiger partial charge in [-0.05, 0) is 44.5 Å². The Morgan fingerprint density at radius 1 is 1.25 bits per heavy atom. The van der Waals surface area contributed by atoms with Crippen molar-refractivity contribution in [1.82, 2.24) is 4.98 Å². The minimum absolute atomic E-state index is 0.329. The molecule has 2 rings (SSSR count). The molecule has 2 aromatic rings. The lowest BCUT2D eigenvalue weighted by molar-refractivity contribution is 1.12. The van der Waals surface area contributed by atoms with E-state index in [1.165, 1.54) is 0 Å². The molecule has 0 saturated heterocycles. The van der Waals surface area contributed by atoms with Gasteiger partial charge < -0.3 is 11.1 Å². The van der Waals surface area contributed by atoms with Crippen LogP contribution < -0.4 is 11.1 Å². The van der Waals surface area contributed by atoms with Crippen molar-refractivity contribution in [3.8, 4) is 0 Å². The second-order valence-corrected chi connectivity index (χ2v) is 5.57. The zero-order valence-electron chi connectivity index (χ0n) is 11.6. The monoisotopic (exact) mass is 305 g/mol. The predicted octanol–water partition coefficient (Wildman–Crippen LogP) is 4.04. The molecule has 0 aliphatic rings. The van der Waals surface area contributed by atoms with Crippen molar-refractivity contribution in [3.63, 3.8) is 0 Å². The van der Waals surface area contributed by atoms with E-state index in [1.807, 2.05) is 45.0 Å². The number of benzene rings is 1. The normalized spacial score (nSPS) is 10.4. The number of hydrogen-bond donors (Lipinski definition) is 2. The number of rotatable bonds is 3. The summed E-state index contributed by atoms with van der Waals surface area (Å²) in [6.07, 6.45) is 0. The van der Waals surface area contributed by atoms with Crippen molar-refractivity contribution in [1.29, 1.82) is 0 Å². The van der Waals surface area contributed by atoms with Crippen LogP contribution in [0.4, 0.5) is 11.4 Å². The molecule has 1 heterocycles. The fourth-order valence-electron chi connectivity index (χ4n) is 2.06. The zero-order chi connectivity index (χ0) is 14.9. The molecule has 3 N–H and O–H groups in total. The van der Waals surface area contributed by atoms with Crippen LogP contribution in [0.1, 0.15) is 22.5 Å². The van der Waals surface area contributed by atoms with Gasteiger partial charge in [-0.1, -0.05) is 29.9 Å². The topological polar surface area (TPSA) is 50.9 Å². The van der Waals surface area contributed by atoms with Crippen molar-refractivity contribution in [2.45, 2.75) is 20.8 Å². The number of halogens is 1. The van der Waals surface area contributed by atoms with Crippen LogP contribution in [0.25, 0.3) is 0 Å². The molecule has 20 heavy (non-hydrogen) atoms. The third-order valence-corrected chi connectivity index (χ3v) is 3.64. The van der Waals surface area contributed by atoms with Crippen molar-refractivity contribution in [3.05, 3.63) is 51.8 Å². The standard InChI is InChI=1S/C15H16ClN3S/c1-8-4-5-11(7-12(8)16)19-13-6-9(2)18-10(3)14(13)15(17)20/h4-7H,1-3H3,(H2,17,20)(H,18,19). The summed E-state index contributed by atoms with van der Waals surface area (Å²) in [5, 5.41) is 4.03. The highest BCUT2D eigenvalue weighted by molar-refractivity contribution is 7.80. The first-order valence-corrected chi connectivity index (χ1v) is 6.98. The molecule has 0 spiro atoms. The van der Waals surface area contributed by atoms with Crippen LogP contribution in [0.5, 0.6) is 0 Å². The van der Waals surface area contributed by atoms with Gasteiger partial charge in [0.1, 0.15) is 4.99 Å². The molecular formula is C15H16ClN3S. The molecule has 1 aromatic heterocycles.